The molecule has 0 bridgehead atoms. The fourth-order valence-electron chi connectivity index (χ4n) is 10.6. The summed E-state index contributed by atoms with van der Waals surface area (Å²) in [5, 5.41) is 10.3. The van der Waals surface area contributed by atoms with Crippen LogP contribution in [0.3, 0.4) is 0 Å². The van der Waals surface area contributed by atoms with Crippen LogP contribution in [0.2, 0.25) is 0 Å². The third-order valence-corrected chi connectivity index (χ3v) is 12.6. The lowest BCUT2D eigenvalue weighted by atomic mass is 9.44. The summed E-state index contributed by atoms with van der Waals surface area (Å²) in [6.45, 7) is 7.37. The number of ether oxygens (including phenoxy) is 5. The molecule has 6 fully saturated rings. The molecule has 2 spiro atoms. The minimum absolute atomic E-state index is 0.0153. The van der Waals surface area contributed by atoms with Crippen LogP contribution in [0.25, 0.3) is 0 Å². The van der Waals surface area contributed by atoms with E-state index in [0.29, 0.717) is 30.8 Å². The smallest absolute Gasteiger partial charge is 0.331 e. The molecule has 7 nitrogen and oxygen atoms in total. The van der Waals surface area contributed by atoms with Crippen molar-refractivity contribution in [3.63, 3.8) is 0 Å². The lowest BCUT2D eigenvalue weighted by Crippen LogP contribution is -2.59. The van der Waals surface area contributed by atoms with Crippen molar-refractivity contribution in [1.82, 2.24) is 0 Å². The molecule has 1 N–H and O–H groups in total. The van der Waals surface area contributed by atoms with Crippen LogP contribution >= 0.6 is 0 Å². The highest BCUT2D eigenvalue weighted by Gasteiger charge is 2.86. The van der Waals surface area contributed by atoms with E-state index in [4.69, 9.17) is 23.7 Å². The molecule has 0 radical (unpaired) electrons. The first-order chi connectivity index (χ1) is 17.7. The summed E-state index contributed by atoms with van der Waals surface area (Å²) in [6.07, 6.45) is 11.4. The van der Waals surface area contributed by atoms with Gasteiger partial charge in [-0.2, -0.15) is 0 Å². The number of cyclic esters (lactones) is 1. The molecule has 37 heavy (non-hydrogen) atoms. The molecule has 0 amide bonds. The quantitative estimate of drug-likeness (QED) is 0.339. The summed E-state index contributed by atoms with van der Waals surface area (Å²) in [7, 11) is 1.65. The maximum atomic E-state index is 11.8. The number of carbonyl (C=O) groups is 1. The topological polar surface area (TPSA) is 86.8 Å². The van der Waals surface area contributed by atoms with Crippen molar-refractivity contribution in [3.05, 3.63) is 11.6 Å². The van der Waals surface area contributed by atoms with E-state index in [2.05, 4.69) is 13.8 Å². The Labute approximate surface area is 220 Å². The largest absolute Gasteiger partial charge is 0.458 e. The number of aliphatic hydroxyl groups is 1. The van der Waals surface area contributed by atoms with Gasteiger partial charge in [-0.15, -0.1) is 0 Å². The Morgan fingerprint density at radius 1 is 1.05 bits per heavy atom. The Morgan fingerprint density at radius 2 is 1.89 bits per heavy atom. The fourth-order valence-corrected chi connectivity index (χ4v) is 10.6. The van der Waals surface area contributed by atoms with Gasteiger partial charge in [-0.3, -0.25) is 0 Å². The van der Waals surface area contributed by atoms with E-state index in [1.54, 1.807) is 13.2 Å². The predicted molar refractivity (Wildman–Crippen MR) is 134 cm³/mol. The number of carbonyl (C=O) groups excluding carboxylic acids is 1. The zero-order valence-electron chi connectivity index (χ0n) is 22.9. The van der Waals surface area contributed by atoms with Gasteiger partial charge in [0, 0.05) is 25.0 Å². The van der Waals surface area contributed by atoms with Crippen LogP contribution in [-0.4, -0.2) is 66.7 Å². The van der Waals surface area contributed by atoms with E-state index in [0.717, 1.165) is 32.1 Å². The van der Waals surface area contributed by atoms with Gasteiger partial charge in [0.05, 0.1) is 18.3 Å². The lowest BCUT2D eigenvalue weighted by Gasteiger charge is -2.58. The summed E-state index contributed by atoms with van der Waals surface area (Å²) in [5.74, 6) is 1.47. The molecule has 3 heterocycles. The van der Waals surface area contributed by atoms with Gasteiger partial charge in [-0.1, -0.05) is 13.8 Å². The lowest BCUT2D eigenvalue weighted by molar-refractivity contribution is -0.271. The molecule has 8 unspecified atom stereocenters. The molecule has 3 aliphatic heterocycles. The number of hydrogen-bond acceptors (Lipinski definition) is 7. The van der Waals surface area contributed by atoms with Gasteiger partial charge < -0.3 is 28.8 Å². The fraction of sp³-hybridized carbons (Fsp3) is 0.900. The van der Waals surface area contributed by atoms with Crippen molar-refractivity contribution < 1.29 is 33.6 Å². The van der Waals surface area contributed by atoms with Crippen molar-refractivity contribution in [2.45, 2.75) is 127 Å². The van der Waals surface area contributed by atoms with Crippen LogP contribution in [0.4, 0.5) is 0 Å². The van der Waals surface area contributed by atoms with Gasteiger partial charge in [0.2, 0.25) is 0 Å². The normalized spacial score (nSPS) is 56.5. The summed E-state index contributed by atoms with van der Waals surface area (Å²) >= 11 is 0. The molecular formula is C30H44O7. The second-order valence-corrected chi connectivity index (χ2v) is 13.8. The number of aliphatic hydroxyl groups excluding tert-OH is 1. The Balaban J connectivity index is 1.06. The highest BCUT2D eigenvalue weighted by atomic mass is 16.7. The molecule has 7 heteroatoms. The van der Waals surface area contributed by atoms with Gasteiger partial charge >= 0.3 is 5.97 Å². The van der Waals surface area contributed by atoms with Crippen molar-refractivity contribution in [2.75, 3.05) is 13.7 Å². The highest BCUT2D eigenvalue weighted by Crippen LogP contribution is 2.81. The van der Waals surface area contributed by atoms with Crippen LogP contribution in [0.5, 0.6) is 0 Å². The van der Waals surface area contributed by atoms with Gasteiger partial charge in [-0.05, 0) is 93.5 Å². The number of esters is 1. The van der Waals surface area contributed by atoms with Crippen molar-refractivity contribution in [1.29, 1.82) is 0 Å². The van der Waals surface area contributed by atoms with Crippen LogP contribution in [0.1, 0.15) is 85.0 Å². The number of epoxide rings is 1. The molecule has 2 saturated heterocycles. The average Bonchev–Trinajstić information content (AvgIpc) is 3.18. The minimum atomic E-state index is -0.606. The van der Waals surface area contributed by atoms with E-state index >= 15 is 0 Å². The molecule has 7 rings (SSSR count). The van der Waals surface area contributed by atoms with Gasteiger partial charge in [0.25, 0.3) is 0 Å². The number of hydrogen-bond donors (Lipinski definition) is 1. The second-order valence-electron chi connectivity index (χ2n) is 13.8. The number of methoxy groups -OCH3 is 1. The zero-order chi connectivity index (χ0) is 25.8. The van der Waals surface area contributed by atoms with Crippen molar-refractivity contribution in [2.24, 2.45) is 28.6 Å². The standard InChI is InChI=1S/C30H44O7/c1-17-26(32)22(33-4)15-25(35-17)36-20-6-9-27(2)19(14-20)5-11-29-23(27)8-10-28(3)21(7-12-30(28,29)37-29)18-13-24(31)34-16-18/h13,17,19-23,25-26,32H,5-12,14-16H2,1-4H3/t17-,19?,20?,21?,22-,23?,25+,26+,27?,28?,29?,30?/m1/s1. The molecule has 7 aliphatic rings. The second kappa shape index (κ2) is 8.26. The van der Waals surface area contributed by atoms with Crippen LogP contribution in [0, 0.1) is 28.6 Å². The number of rotatable bonds is 4. The van der Waals surface area contributed by atoms with E-state index in [-0.39, 0.29) is 52.6 Å². The summed E-state index contributed by atoms with van der Waals surface area (Å²) in [5.41, 5.74) is 1.57. The minimum Gasteiger partial charge on any atom is -0.458 e. The van der Waals surface area contributed by atoms with Crippen LogP contribution in [-0.2, 0) is 28.5 Å². The zero-order valence-corrected chi connectivity index (χ0v) is 22.9. The number of fused-ring (bicyclic) bond motifs is 2. The van der Waals surface area contributed by atoms with E-state index in [1.165, 1.54) is 31.3 Å². The average molecular weight is 517 g/mol. The third kappa shape index (κ3) is 3.27. The maximum absolute atomic E-state index is 11.8. The Kier molecular flexibility index (Phi) is 5.58. The summed E-state index contributed by atoms with van der Waals surface area (Å²) in [4.78, 5) is 11.8. The first kappa shape index (κ1) is 25.0. The first-order valence-corrected chi connectivity index (χ1v) is 14.7. The van der Waals surface area contributed by atoms with E-state index in [1.807, 2.05) is 6.92 Å². The van der Waals surface area contributed by atoms with Crippen molar-refractivity contribution >= 4 is 5.97 Å². The van der Waals surface area contributed by atoms with E-state index < -0.39 is 6.10 Å². The molecule has 0 aromatic carbocycles. The SMILES string of the molecule is CO[C@@H]1C[C@H](OC2CCC3(C)C(CCC45OC46CCC(C4=CC(=O)OC4)C6(C)CCC35)C2)O[C@H](C)[C@@H]1O. The molecule has 0 aromatic rings. The molecular weight excluding hydrogens is 472 g/mol. The van der Waals surface area contributed by atoms with Crippen molar-refractivity contribution in [3.8, 4) is 0 Å². The Hall–Kier alpha value is -0.990. The van der Waals surface area contributed by atoms with Gasteiger partial charge in [0.15, 0.2) is 6.29 Å². The molecule has 0 aromatic heterocycles. The van der Waals surface area contributed by atoms with Gasteiger partial charge in [-0.25, -0.2) is 4.79 Å². The highest BCUT2D eigenvalue weighted by molar-refractivity contribution is 5.85. The Bertz CT molecular complexity index is 996. The first-order valence-electron chi connectivity index (χ1n) is 14.7. The summed E-state index contributed by atoms with van der Waals surface area (Å²) in [6, 6.07) is 0. The third-order valence-electron chi connectivity index (χ3n) is 12.6. The monoisotopic (exact) mass is 516 g/mol. The van der Waals surface area contributed by atoms with Crippen LogP contribution < -0.4 is 0 Å². The van der Waals surface area contributed by atoms with Crippen LogP contribution in [0.15, 0.2) is 11.6 Å². The molecule has 206 valence electrons. The van der Waals surface area contributed by atoms with Gasteiger partial charge in [0.1, 0.15) is 23.9 Å². The molecule has 12 atom stereocenters. The summed E-state index contributed by atoms with van der Waals surface area (Å²) < 4.78 is 30.4. The van der Waals surface area contributed by atoms with E-state index in [9.17, 15) is 9.90 Å². The predicted octanol–water partition coefficient (Wildman–Crippen LogP) is 4.30. The molecule has 4 saturated carbocycles. The Morgan fingerprint density at radius 3 is 2.65 bits per heavy atom. The maximum Gasteiger partial charge on any atom is 0.331 e. The molecule has 4 aliphatic carbocycles.